The lowest BCUT2D eigenvalue weighted by Crippen LogP contribution is -2.52. The second-order valence-electron chi connectivity index (χ2n) is 10.5. The molecule has 1 aromatic carbocycles. The molecule has 198 valence electrons. The number of rotatable bonds is 6. The summed E-state index contributed by atoms with van der Waals surface area (Å²) in [4.78, 5) is 54.0. The van der Waals surface area contributed by atoms with Gasteiger partial charge in [-0.25, -0.2) is 9.18 Å². The normalized spacial score (nSPS) is 19.5. The maximum atomic E-state index is 13.1. The Bertz CT molecular complexity index is 954. The van der Waals surface area contributed by atoms with Crippen molar-refractivity contribution in [3.63, 3.8) is 0 Å². The largest absolute Gasteiger partial charge is 0.444 e. The van der Waals surface area contributed by atoms with Crippen molar-refractivity contribution in [3.05, 3.63) is 35.6 Å². The standard InChI is InChI=1S/C26H37FN4O5/c1-17(22(32)28-16-18-7-9-20(27)10-8-18)29-23(33)19-11-14-30(15-12-19)24(34)21-6-5-13-31(21)25(35)36-26(2,3)4/h7-10,17,19,21H,5-6,11-16H2,1-4H3,(H,28,32)(H,29,33). The second kappa shape index (κ2) is 11.7. The number of nitrogens with one attached hydrogen (secondary N) is 2. The van der Waals surface area contributed by atoms with Crippen molar-refractivity contribution in [2.45, 2.75) is 77.6 Å². The zero-order chi connectivity index (χ0) is 26.5. The molecule has 0 aliphatic carbocycles. The molecule has 0 bridgehead atoms. The van der Waals surface area contributed by atoms with Gasteiger partial charge in [0.15, 0.2) is 0 Å². The van der Waals surface area contributed by atoms with Crippen molar-refractivity contribution >= 4 is 23.8 Å². The molecule has 2 aliphatic heterocycles. The Morgan fingerprint density at radius 2 is 1.69 bits per heavy atom. The van der Waals surface area contributed by atoms with Crippen LogP contribution in [0.2, 0.25) is 0 Å². The predicted octanol–water partition coefficient (Wildman–Crippen LogP) is 2.58. The smallest absolute Gasteiger partial charge is 0.410 e. The molecule has 0 spiro atoms. The summed E-state index contributed by atoms with van der Waals surface area (Å²) < 4.78 is 18.5. The third kappa shape index (κ3) is 7.41. The summed E-state index contributed by atoms with van der Waals surface area (Å²) in [6.45, 7) is 8.56. The SMILES string of the molecule is CC(NC(=O)C1CCN(C(=O)C2CCCN2C(=O)OC(C)(C)C)CC1)C(=O)NCc1ccc(F)cc1. The Hall–Kier alpha value is -3.17. The quantitative estimate of drug-likeness (QED) is 0.619. The van der Waals surface area contributed by atoms with E-state index in [1.807, 2.05) is 0 Å². The molecular formula is C26H37FN4O5. The van der Waals surface area contributed by atoms with Gasteiger partial charge in [-0.1, -0.05) is 12.1 Å². The van der Waals surface area contributed by atoms with Gasteiger partial charge in [-0.15, -0.1) is 0 Å². The summed E-state index contributed by atoms with van der Waals surface area (Å²) in [6, 6.07) is 4.57. The number of likely N-dealkylation sites (tertiary alicyclic amines) is 2. The molecule has 2 saturated heterocycles. The van der Waals surface area contributed by atoms with Crippen LogP contribution in [0.25, 0.3) is 0 Å². The van der Waals surface area contributed by atoms with Crippen LogP contribution >= 0.6 is 0 Å². The minimum atomic E-state index is -0.724. The molecular weight excluding hydrogens is 467 g/mol. The second-order valence-corrected chi connectivity index (χ2v) is 10.5. The van der Waals surface area contributed by atoms with Crippen LogP contribution in [0.1, 0.15) is 58.9 Å². The third-order valence-electron chi connectivity index (χ3n) is 6.48. The van der Waals surface area contributed by atoms with E-state index in [2.05, 4.69) is 10.6 Å². The highest BCUT2D eigenvalue weighted by Crippen LogP contribution is 2.25. The van der Waals surface area contributed by atoms with Crippen molar-refractivity contribution < 1.29 is 28.3 Å². The molecule has 2 unspecified atom stereocenters. The van der Waals surface area contributed by atoms with E-state index in [0.29, 0.717) is 38.9 Å². The number of carbonyl (C=O) groups is 4. The van der Waals surface area contributed by atoms with E-state index in [1.54, 1.807) is 44.7 Å². The fourth-order valence-electron chi connectivity index (χ4n) is 4.48. The highest BCUT2D eigenvalue weighted by Gasteiger charge is 2.40. The van der Waals surface area contributed by atoms with Crippen LogP contribution in [-0.4, -0.2) is 70.9 Å². The Morgan fingerprint density at radius 3 is 2.31 bits per heavy atom. The average molecular weight is 505 g/mol. The predicted molar refractivity (Wildman–Crippen MR) is 131 cm³/mol. The van der Waals surface area contributed by atoms with Crippen molar-refractivity contribution in [1.29, 1.82) is 0 Å². The molecule has 2 fully saturated rings. The first-order valence-corrected chi connectivity index (χ1v) is 12.6. The summed E-state index contributed by atoms with van der Waals surface area (Å²) in [5, 5.41) is 5.49. The van der Waals surface area contributed by atoms with Gasteiger partial charge in [0, 0.05) is 32.1 Å². The first-order chi connectivity index (χ1) is 16.9. The number of amides is 4. The lowest BCUT2D eigenvalue weighted by Gasteiger charge is -2.35. The van der Waals surface area contributed by atoms with E-state index in [4.69, 9.17) is 4.74 Å². The van der Waals surface area contributed by atoms with Gasteiger partial charge in [-0.3, -0.25) is 19.3 Å². The zero-order valence-corrected chi connectivity index (χ0v) is 21.5. The zero-order valence-electron chi connectivity index (χ0n) is 21.5. The van der Waals surface area contributed by atoms with Crippen LogP contribution in [0.5, 0.6) is 0 Å². The number of hydrogen-bond acceptors (Lipinski definition) is 5. The van der Waals surface area contributed by atoms with Crippen LogP contribution in [-0.2, 0) is 25.7 Å². The Kier molecular flexibility index (Phi) is 8.92. The van der Waals surface area contributed by atoms with Crippen molar-refractivity contribution in [2.24, 2.45) is 5.92 Å². The monoisotopic (exact) mass is 504 g/mol. The van der Waals surface area contributed by atoms with Crippen molar-refractivity contribution in [3.8, 4) is 0 Å². The van der Waals surface area contributed by atoms with Gasteiger partial charge in [0.2, 0.25) is 17.7 Å². The molecule has 9 nitrogen and oxygen atoms in total. The van der Waals surface area contributed by atoms with Gasteiger partial charge >= 0.3 is 6.09 Å². The van der Waals surface area contributed by atoms with Gasteiger partial charge in [-0.2, -0.15) is 0 Å². The summed E-state index contributed by atoms with van der Waals surface area (Å²) in [5.41, 5.74) is 0.126. The average Bonchev–Trinajstić information content (AvgIpc) is 3.32. The lowest BCUT2D eigenvalue weighted by atomic mass is 9.95. The van der Waals surface area contributed by atoms with Gasteiger partial charge in [0.05, 0.1) is 0 Å². The van der Waals surface area contributed by atoms with E-state index in [9.17, 15) is 23.6 Å². The van der Waals surface area contributed by atoms with E-state index >= 15 is 0 Å². The molecule has 2 heterocycles. The van der Waals surface area contributed by atoms with Crippen LogP contribution < -0.4 is 10.6 Å². The highest BCUT2D eigenvalue weighted by atomic mass is 19.1. The van der Waals surface area contributed by atoms with E-state index in [1.165, 1.54) is 17.0 Å². The third-order valence-corrected chi connectivity index (χ3v) is 6.48. The molecule has 0 saturated carbocycles. The number of nitrogens with zero attached hydrogens (tertiary/aromatic N) is 2. The van der Waals surface area contributed by atoms with Crippen LogP contribution in [0.4, 0.5) is 9.18 Å². The Labute approximate surface area is 211 Å². The number of hydrogen-bond donors (Lipinski definition) is 2. The van der Waals surface area contributed by atoms with E-state index < -0.39 is 23.8 Å². The van der Waals surface area contributed by atoms with E-state index in [-0.39, 0.29) is 36.0 Å². The molecule has 0 radical (unpaired) electrons. The minimum absolute atomic E-state index is 0.106. The van der Waals surface area contributed by atoms with Gasteiger partial charge < -0.3 is 20.3 Å². The van der Waals surface area contributed by atoms with Gasteiger partial charge in [0.1, 0.15) is 23.5 Å². The first kappa shape index (κ1) is 27.4. The number of piperidine rings is 1. The molecule has 0 aromatic heterocycles. The molecule has 4 amide bonds. The fraction of sp³-hybridized carbons (Fsp3) is 0.615. The first-order valence-electron chi connectivity index (χ1n) is 12.6. The molecule has 3 rings (SSSR count). The molecule has 1 aromatic rings. The maximum Gasteiger partial charge on any atom is 0.410 e. The van der Waals surface area contributed by atoms with Crippen LogP contribution in [0.15, 0.2) is 24.3 Å². The number of halogens is 1. The van der Waals surface area contributed by atoms with Gasteiger partial charge in [-0.05, 0) is 71.1 Å². The number of ether oxygens (including phenoxy) is 1. The molecule has 2 N–H and O–H groups in total. The summed E-state index contributed by atoms with van der Waals surface area (Å²) >= 11 is 0. The number of carbonyl (C=O) groups excluding carboxylic acids is 4. The Morgan fingerprint density at radius 1 is 1.06 bits per heavy atom. The molecule has 36 heavy (non-hydrogen) atoms. The molecule has 2 aliphatic rings. The number of benzene rings is 1. The lowest BCUT2D eigenvalue weighted by molar-refractivity contribution is -0.139. The Balaban J connectivity index is 1.44. The fourth-order valence-corrected chi connectivity index (χ4v) is 4.48. The molecule has 2 atom stereocenters. The maximum absolute atomic E-state index is 13.1. The minimum Gasteiger partial charge on any atom is -0.444 e. The van der Waals surface area contributed by atoms with Gasteiger partial charge in [0.25, 0.3) is 0 Å². The summed E-state index contributed by atoms with van der Waals surface area (Å²) in [5.74, 6) is -1.30. The summed E-state index contributed by atoms with van der Waals surface area (Å²) in [6.07, 6.45) is 1.85. The van der Waals surface area contributed by atoms with Crippen molar-refractivity contribution in [2.75, 3.05) is 19.6 Å². The summed E-state index contributed by atoms with van der Waals surface area (Å²) in [7, 11) is 0. The highest BCUT2D eigenvalue weighted by molar-refractivity contribution is 5.89. The van der Waals surface area contributed by atoms with Crippen LogP contribution in [0, 0.1) is 11.7 Å². The van der Waals surface area contributed by atoms with Crippen molar-refractivity contribution in [1.82, 2.24) is 20.4 Å². The van der Waals surface area contributed by atoms with E-state index in [0.717, 1.165) is 12.0 Å². The van der Waals surface area contributed by atoms with Crippen LogP contribution in [0.3, 0.4) is 0 Å². The topological polar surface area (TPSA) is 108 Å². The molecule has 10 heteroatoms.